The van der Waals surface area contributed by atoms with E-state index in [1.165, 1.54) is 11.8 Å². The van der Waals surface area contributed by atoms with E-state index in [-0.39, 0.29) is 18.6 Å². The largest absolute Gasteiger partial charge is 0.462 e. The smallest absolute Gasteiger partial charge is 0.416 e. The lowest BCUT2D eigenvalue weighted by Crippen LogP contribution is -2.46. The minimum absolute atomic E-state index is 0.177. The number of hydrogen-bond acceptors (Lipinski definition) is 5. The van der Waals surface area contributed by atoms with Crippen LogP contribution in [-0.2, 0) is 25.5 Å². The van der Waals surface area contributed by atoms with E-state index < -0.39 is 24.1 Å². The van der Waals surface area contributed by atoms with Gasteiger partial charge in [-0.1, -0.05) is 44.2 Å². The zero-order valence-electron chi connectivity index (χ0n) is 14.2. The third kappa shape index (κ3) is 4.13. The first-order valence-electron chi connectivity index (χ1n) is 8.15. The number of nitrogens with zero attached hydrogens (tertiary/aromatic N) is 1. The molecule has 1 heterocycles. The number of rotatable bonds is 6. The van der Waals surface area contributed by atoms with Gasteiger partial charge >= 0.3 is 12.1 Å². The minimum Gasteiger partial charge on any atom is -0.462 e. The molecule has 1 aromatic rings. The molecular weight excluding hydrogens is 310 g/mol. The highest BCUT2D eigenvalue weighted by atomic mass is 16.6. The van der Waals surface area contributed by atoms with Crippen molar-refractivity contribution in [1.82, 2.24) is 4.90 Å². The third-order valence-corrected chi connectivity index (χ3v) is 4.18. The first kappa shape index (κ1) is 18.0. The molecule has 3 unspecified atom stereocenters. The predicted octanol–water partition coefficient (Wildman–Crippen LogP) is 2.55. The summed E-state index contributed by atoms with van der Waals surface area (Å²) in [6.45, 7) is 4.99. The van der Waals surface area contributed by atoms with Crippen molar-refractivity contribution in [2.24, 2.45) is 5.92 Å². The molecule has 1 saturated heterocycles. The van der Waals surface area contributed by atoms with Crippen molar-refractivity contribution in [2.45, 2.75) is 45.8 Å². The predicted molar refractivity (Wildman–Crippen MR) is 87.1 cm³/mol. The lowest BCUT2D eigenvalue weighted by atomic mass is 9.99. The third-order valence-electron chi connectivity index (χ3n) is 4.18. The Hall–Kier alpha value is -2.37. The Labute approximate surface area is 141 Å². The van der Waals surface area contributed by atoms with Crippen LogP contribution in [0.1, 0.15) is 32.8 Å². The van der Waals surface area contributed by atoms with E-state index in [2.05, 4.69) is 0 Å². The van der Waals surface area contributed by atoms with Gasteiger partial charge in [0.2, 0.25) is 5.91 Å². The number of hydrogen-bond donors (Lipinski definition) is 0. The highest BCUT2D eigenvalue weighted by molar-refractivity contribution is 5.95. The summed E-state index contributed by atoms with van der Waals surface area (Å²) < 4.78 is 10.3. The number of esters is 1. The molecule has 0 N–H and O–H groups in total. The number of ether oxygens (including phenoxy) is 2. The van der Waals surface area contributed by atoms with E-state index in [4.69, 9.17) is 9.47 Å². The van der Waals surface area contributed by atoms with Gasteiger partial charge in [-0.25, -0.2) is 9.69 Å². The molecule has 24 heavy (non-hydrogen) atoms. The minimum atomic E-state index is -0.634. The van der Waals surface area contributed by atoms with Crippen LogP contribution in [0.3, 0.4) is 0 Å². The number of imide groups is 1. The molecule has 1 fully saturated rings. The summed E-state index contributed by atoms with van der Waals surface area (Å²) in [5.74, 6) is -1.42. The standard InChI is InChI=1S/C18H23NO5/c1-4-16(24-13(3)20)12(2)17(21)19-15(11-23-18(19)22)10-14-8-6-5-7-9-14/h5-9,12,15-16H,4,10-11H2,1-3H3. The second-order valence-electron chi connectivity index (χ2n) is 5.97. The van der Waals surface area contributed by atoms with Crippen LogP contribution in [0.2, 0.25) is 0 Å². The summed E-state index contributed by atoms with van der Waals surface area (Å²) >= 11 is 0. The first-order valence-corrected chi connectivity index (χ1v) is 8.15. The second kappa shape index (κ2) is 7.95. The summed E-state index contributed by atoms with van der Waals surface area (Å²) in [5, 5.41) is 0. The molecule has 1 aliphatic rings. The van der Waals surface area contributed by atoms with Crippen molar-refractivity contribution in [1.29, 1.82) is 0 Å². The number of carbonyl (C=O) groups excluding carboxylic acids is 3. The van der Waals surface area contributed by atoms with Crippen molar-refractivity contribution in [3.8, 4) is 0 Å². The van der Waals surface area contributed by atoms with E-state index in [1.54, 1.807) is 6.92 Å². The maximum atomic E-state index is 12.8. The van der Waals surface area contributed by atoms with Gasteiger partial charge in [-0.05, 0) is 18.4 Å². The molecule has 0 spiro atoms. The van der Waals surface area contributed by atoms with Gasteiger partial charge in [-0.15, -0.1) is 0 Å². The van der Waals surface area contributed by atoms with Gasteiger partial charge in [0, 0.05) is 6.92 Å². The number of cyclic esters (lactones) is 1. The van der Waals surface area contributed by atoms with E-state index in [1.807, 2.05) is 37.3 Å². The van der Waals surface area contributed by atoms with E-state index in [0.29, 0.717) is 12.8 Å². The Morgan fingerprint density at radius 1 is 1.33 bits per heavy atom. The molecule has 3 atom stereocenters. The molecule has 0 radical (unpaired) electrons. The molecule has 2 amide bonds. The molecule has 1 aromatic carbocycles. The average molecular weight is 333 g/mol. The van der Waals surface area contributed by atoms with Crippen LogP contribution in [0, 0.1) is 5.92 Å². The number of benzene rings is 1. The first-order chi connectivity index (χ1) is 11.4. The van der Waals surface area contributed by atoms with Crippen LogP contribution in [0.5, 0.6) is 0 Å². The maximum absolute atomic E-state index is 12.8. The van der Waals surface area contributed by atoms with Crippen LogP contribution >= 0.6 is 0 Å². The molecule has 130 valence electrons. The molecule has 6 nitrogen and oxygen atoms in total. The van der Waals surface area contributed by atoms with Crippen LogP contribution in [0.15, 0.2) is 30.3 Å². The van der Waals surface area contributed by atoms with Crippen molar-refractivity contribution in [3.05, 3.63) is 35.9 Å². The Morgan fingerprint density at radius 3 is 2.58 bits per heavy atom. The summed E-state index contributed by atoms with van der Waals surface area (Å²) in [6.07, 6.45) is -0.153. The Balaban J connectivity index is 2.12. The van der Waals surface area contributed by atoms with Crippen molar-refractivity contribution < 1.29 is 23.9 Å². The van der Waals surface area contributed by atoms with Gasteiger partial charge in [0.05, 0.1) is 12.0 Å². The Kier molecular flexibility index (Phi) is 5.95. The van der Waals surface area contributed by atoms with E-state index in [0.717, 1.165) is 5.56 Å². The lowest BCUT2D eigenvalue weighted by Gasteiger charge is -2.27. The average Bonchev–Trinajstić information content (AvgIpc) is 2.92. The molecule has 1 aliphatic heterocycles. The van der Waals surface area contributed by atoms with Crippen molar-refractivity contribution in [2.75, 3.05) is 6.61 Å². The fourth-order valence-corrected chi connectivity index (χ4v) is 2.90. The quantitative estimate of drug-likeness (QED) is 0.748. The fraction of sp³-hybridized carbons (Fsp3) is 0.500. The van der Waals surface area contributed by atoms with Gasteiger partial charge < -0.3 is 9.47 Å². The molecule has 0 aliphatic carbocycles. The Bertz CT molecular complexity index is 601. The zero-order chi connectivity index (χ0) is 17.7. The summed E-state index contributed by atoms with van der Waals surface area (Å²) in [7, 11) is 0. The zero-order valence-corrected chi connectivity index (χ0v) is 14.2. The summed E-state index contributed by atoms with van der Waals surface area (Å²) in [6, 6.07) is 9.29. The molecular formula is C18H23NO5. The van der Waals surface area contributed by atoms with Gasteiger partial charge in [0.1, 0.15) is 12.7 Å². The lowest BCUT2D eigenvalue weighted by molar-refractivity contribution is -0.153. The van der Waals surface area contributed by atoms with Gasteiger partial charge in [0.25, 0.3) is 0 Å². The summed E-state index contributed by atoms with van der Waals surface area (Å²) in [5.41, 5.74) is 1.03. The van der Waals surface area contributed by atoms with E-state index >= 15 is 0 Å². The van der Waals surface area contributed by atoms with Gasteiger partial charge in [-0.2, -0.15) is 0 Å². The highest BCUT2D eigenvalue weighted by Crippen LogP contribution is 2.23. The molecule has 0 saturated carbocycles. The van der Waals surface area contributed by atoms with Crippen molar-refractivity contribution in [3.63, 3.8) is 0 Å². The molecule has 0 bridgehead atoms. The fourth-order valence-electron chi connectivity index (χ4n) is 2.90. The van der Waals surface area contributed by atoms with Crippen LogP contribution in [0.25, 0.3) is 0 Å². The molecule has 6 heteroatoms. The summed E-state index contributed by atoms with van der Waals surface area (Å²) in [4.78, 5) is 37.2. The topological polar surface area (TPSA) is 72.9 Å². The Morgan fingerprint density at radius 2 is 2.00 bits per heavy atom. The second-order valence-corrected chi connectivity index (χ2v) is 5.97. The SMILES string of the molecule is CCC(OC(C)=O)C(C)C(=O)N1C(=O)OCC1Cc1ccccc1. The monoisotopic (exact) mass is 333 g/mol. The highest BCUT2D eigenvalue weighted by Gasteiger charge is 2.41. The van der Waals surface area contributed by atoms with Gasteiger partial charge in [-0.3, -0.25) is 9.59 Å². The van der Waals surface area contributed by atoms with E-state index in [9.17, 15) is 14.4 Å². The normalized spacial score (nSPS) is 19.5. The van der Waals surface area contributed by atoms with Crippen LogP contribution in [-0.4, -0.2) is 41.6 Å². The maximum Gasteiger partial charge on any atom is 0.416 e. The van der Waals surface area contributed by atoms with Crippen molar-refractivity contribution >= 4 is 18.0 Å². The van der Waals surface area contributed by atoms with Crippen LogP contribution in [0.4, 0.5) is 4.79 Å². The number of amides is 2. The van der Waals surface area contributed by atoms with Gasteiger partial charge in [0.15, 0.2) is 0 Å². The van der Waals surface area contributed by atoms with Crippen LogP contribution < -0.4 is 0 Å². The molecule has 0 aromatic heterocycles. The number of carbonyl (C=O) groups is 3. The molecule has 2 rings (SSSR count).